The molecule has 1 aromatic rings. The summed E-state index contributed by atoms with van der Waals surface area (Å²) in [6.07, 6.45) is 3.09. The molecule has 4 nitrogen and oxygen atoms in total. The number of rotatable bonds is 5. The van der Waals surface area contributed by atoms with E-state index in [2.05, 4.69) is 17.2 Å². The van der Waals surface area contributed by atoms with E-state index in [1.54, 1.807) is 4.90 Å². The summed E-state index contributed by atoms with van der Waals surface area (Å²) in [6.45, 7) is 5.37. The molecule has 1 aromatic heterocycles. The van der Waals surface area contributed by atoms with Gasteiger partial charge in [0.2, 0.25) is 0 Å². The lowest BCUT2D eigenvalue weighted by atomic mass is 10.3. The Morgan fingerprint density at radius 2 is 2.24 bits per heavy atom. The third-order valence-corrected chi connectivity index (χ3v) is 2.41. The number of urea groups is 1. The molecule has 0 aliphatic carbocycles. The summed E-state index contributed by atoms with van der Waals surface area (Å²) >= 11 is 0. The number of hydrogen-bond acceptors (Lipinski definition) is 2. The number of carbonyl (C=O) groups is 1. The molecule has 0 fully saturated rings. The molecule has 2 amide bonds. The van der Waals surface area contributed by atoms with E-state index >= 15 is 0 Å². The van der Waals surface area contributed by atoms with Crippen LogP contribution in [0.5, 0.6) is 0 Å². The second kappa shape index (κ2) is 6.83. The van der Waals surface area contributed by atoms with E-state index < -0.39 is 5.82 Å². The average Bonchev–Trinajstić information content (AvgIpc) is 2.33. The first-order chi connectivity index (χ1) is 8.17. The highest BCUT2D eigenvalue weighted by Gasteiger charge is 2.11. The Kier molecular flexibility index (Phi) is 5.39. The van der Waals surface area contributed by atoms with Crippen LogP contribution in [-0.4, -0.2) is 29.0 Å². The van der Waals surface area contributed by atoms with Gasteiger partial charge in [-0.2, -0.15) is 0 Å². The van der Waals surface area contributed by atoms with Crippen molar-refractivity contribution in [1.29, 1.82) is 0 Å². The Morgan fingerprint density at radius 3 is 2.76 bits per heavy atom. The highest BCUT2D eigenvalue weighted by molar-refractivity contribution is 5.88. The van der Waals surface area contributed by atoms with Crippen LogP contribution < -0.4 is 5.32 Å². The summed E-state index contributed by atoms with van der Waals surface area (Å²) in [5.41, 5.74) is 0. The number of nitrogens with one attached hydrogen (secondary N) is 1. The Labute approximate surface area is 101 Å². The number of hydrogen-bond donors (Lipinski definition) is 1. The van der Waals surface area contributed by atoms with E-state index in [9.17, 15) is 9.18 Å². The number of nitrogens with zero attached hydrogens (tertiary/aromatic N) is 2. The van der Waals surface area contributed by atoms with E-state index in [1.807, 2.05) is 6.92 Å². The van der Waals surface area contributed by atoms with E-state index in [4.69, 9.17) is 0 Å². The standard InChI is InChI=1S/C12H18FN3O/c1-3-5-8-16(4-2)12(17)15-11-7-6-10(13)9-14-11/h6-7,9H,3-5,8H2,1-2H3,(H,14,15,17). The van der Waals surface area contributed by atoms with Gasteiger partial charge in [-0.05, 0) is 25.5 Å². The fourth-order valence-corrected chi connectivity index (χ4v) is 1.39. The number of pyridine rings is 1. The molecule has 0 aliphatic heterocycles. The quantitative estimate of drug-likeness (QED) is 0.858. The first kappa shape index (κ1) is 13.4. The van der Waals surface area contributed by atoms with Crippen LogP contribution in [0.3, 0.4) is 0 Å². The molecule has 1 heterocycles. The van der Waals surface area contributed by atoms with E-state index in [0.717, 1.165) is 25.6 Å². The number of unbranched alkanes of at least 4 members (excludes halogenated alkanes) is 1. The first-order valence-electron chi connectivity index (χ1n) is 5.84. The molecule has 0 unspecified atom stereocenters. The predicted octanol–water partition coefficient (Wildman–Crippen LogP) is 2.87. The monoisotopic (exact) mass is 239 g/mol. The van der Waals surface area contributed by atoms with Crippen LogP contribution in [0.4, 0.5) is 15.0 Å². The summed E-state index contributed by atoms with van der Waals surface area (Å²) in [5, 5.41) is 2.64. The number of aromatic nitrogens is 1. The molecule has 17 heavy (non-hydrogen) atoms. The van der Waals surface area contributed by atoms with E-state index in [0.29, 0.717) is 12.4 Å². The van der Waals surface area contributed by atoms with Gasteiger partial charge in [-0.3, -0.25) is 5.32 Å². The summed E-state index contributed by atoms with van der Waals surface area (Å²) < 4.78 is 12.6. The summed E-state index contributed by atoms with van der Waals surface area (Å²) in [7, 11) is 0. The van der Waals surface area contributed by atoms with Crippen molar-refractivity contribution in [3.8, 4) is 0 Å². The largest absolute Gasteiger partial charge is 0.325 e. The van der Waals surface area contributed by atoms with E-state index in [-0.39, 0.29) is 6.03 Å². The minimum atomic E-state index is -0.415. The average molecular weight is 239 g/mol. The molecule has 0 saturated heterocycles. The second-order valence-corrected chi connectivity index (χ2v) is 3.73. The lowest BCUT2D eigenvalue weighted by Gasteiger charge is -2.20. The van der Waals surface area contributed by atoms with Crippen LogP contribution >= 0.6 is 0 Å². The summed E-state index contributed by atoms with van der Waals surface area (Å²) in [4.78, 5) is 17.3. The Bertz CT molecular complexity index is 353. The summed E-state index contributed by atoms with van der Waals surface area (Å²) in [5.74, 6) is -0.0484. The van der Waals surface area contributed by atoms with Crippen molar-refractivity contribution < 1.29 is 9.18 Å². The maximum atomic E-state index is 12.6. The zero-order chi connectivity index (χ0) is 12.7. The lowest BCUT2D eigenvalue weighted by molar-refractivity contribution is 0.213. The number of amides is 2. The topological polar surface area (TPSA) is 45.2 Å². The highest BCUT2D eigenvalue weighted by atomic mass is 19.1. The second-order valence-electron chi connectivity index (χ2n) is 3.73. The number of carbonyl (C=O) groups excluding carboxylic acids is 1. The molecule has 1 N–H and O–H groups in total. The molecule has 5 heteroatoms. The van der Waals surface area contributed by atoms with Gasteiger partial charge in [0.15, 0.2) is 0 Å². The van der Waals surface area contributed by atoms with Gasteiger partial charge in [0.25, 0.3) is 0 Å². The lowest BCUT2D eigenvalue weighted by Crippen LogP contribution is -2.35. The predicted molar refractivity (Wildman–Crippen MR) is 65.4 cm³/mol. The smallest absolute Gasteiger partial charge is 0.322 e. The summed E-state index contributed by atoms with van der Waals surface area (Å²) in [6, 6.07) is 2.52. The van der Waals surface area contributed by atoms with Crippen molar-refractivity contribution in [3.63, 3.8) is 0 Å². The maximum Gasteiger partial charge on any atom is 0.322 e. The third kappa shape index (κ3) is 4.38. The fraction of sp³-hybridized carbons (Fsp3) is 0.500. The van der Waals surface area contributed by atoms with Crippen molar-refractivity contribution in [3.05, 3.63) is 24.1 Å². The molecule has 0 atom stereocenters. The van der Waals surface area contributed by atoms with Gasteiger partial charge in [0.05, 0.1) is 6.20 Å². The number of anilines is 1. The van der Waals surface area contributed by atoms with Crippen LogP contribution in [0, 0.1) is 5.82 Å². The first-order valence-corrected chi connectivity index (χ1v) is 5.84. The molecule has 94 valence electrons. The van der Waals surface area contributed by atoms with E-state index in [1.165, 1.54) is 12.1 Å². The molecule has 0 bridgehead atoms. The zero-order valence-electron chi connectivity index (χ0n) is 10.2. The maximum absolute atomic E-state index is 12.6. The molecular weight excluding hydrogens is 221 g/mol. The molecule has 0 aromatic carbocycles. The van der Waals surface area contributed by atoms with Crippen LogP contribution in [0.25, 0.3) is 0 Å². The third-order valence-electron chi connectivity index (χ3n) is 2.41. The van der Waals surface area contributed by atoms with Crippen molar-refractivity contribution in [2.24, 2.45) is 0 Å². The van der Waals surface area contributed by atoms with Crippen LogP contribution in [0.1, 0.15) is 26.7 Å². The van der Waals surface area contributed by atoms with Gasteiger partial charge in [0, 0.05) is 13.1 Å². The van der Waals surface area contributed by atoms with Gasteiger partial charge < -0.3 is 4.90 Å². The van der Waals surface area contributed by atoms with Gasteiger partial charge in [-0.15, -0.1) is 0 Å². The van der Waals surface area contributed by atoms with Crippen LogP contribution in [-0.2, 0) is 0 Å². The molecule has 1 rings (SSSR count). The Hall–Kier alpha value is -1.65. The van der Waals surface area contributed by atoms with Crippen molar-refractivity contribution in [2.45, 2.75) is 26.7 Å². The molecular formula is C12H18FN3O. The normalized spacial score (nSPS) is 10.1. The molecule has 0 spiro atoms. The highest BCUT2D eigenvalue weighted by Crippen LogP contribution is 2.05. The molecule has 0 aliphatic rings. The van der Waals surface area contributed by atoms with Gasteiger partial charge in [0.1, 0.15) is 11.6 Å². The van der Waals surface area contributed by atoms with Gasteiger partial charge in [-0.25, -0.2) is 14.2 Å². The van der Waals surface area contributed by atoms with Crippen molar-refractivity contribution in [1.82, 2.24) is 9.88 Å². The SMILES string of the molecule is CCCCN(CC)C(=O)Nc1ccc(F)cn1. The van der Waals surface area contributed by atoms with Gasteiger partial charge in [-0.1, -0.05) is 13.3 Å². The van der Waals surface area contributed by atoms with Gasteiger partial charge >= 0.3 is 6.03 Å². The van der Waals surface area contributed by atoms with Crippen molar-refractivity contribution >= 4 is 11.8 Å². The number of halogens is 1. The van der Waals surface area contributed by atoms with Crippen molar-refractivity contribution in [2.75, 3.05) is 18.4 Å². The molecule has 0 radical (unpaired) electrons. The zero-order valence-corrected chi connectivity index (χ0v) is 10.2. The van der Waals surface area contributed by atoms with Crippen LogP contribution in [0.2, 0.25) is 0 Å². The molecule has 0 saturated carbocycles. The minimum Gasteiger partial charge on any atom is -0.325 e. The fourth-order valence-electron chi connectivity index (χ4n) is 1.39. The Morgan fingerprint density at radius 1 is 1.47 bits per heavy atom. The Balaban J connectivity index is 2.54. The van der Waals surface area contributed by atoms with Crippen LogP contribution in [0.15, 0.2) is 18.3 Å². The minimum absolute atomic E-state index is 0.194.